The van der Waals surface area contributed by atoms with E-state index >= 15 is 0 Å². The monoisotopic (exact) mass is 570 g/mol. The fraction of sp³-hybridized carbons (Fsp3) is 0.258. The first-order valence-corrected chi connectivity index (χ1v) is 13.6. The smallest absolute Gasteiger partial charge is 0.274 e. The lowest BCUT2D eigenvalue weighted by Crippen LogP contribution is -2.55. The number of carbonyl (C=O) groups excluding carboxylic acids is 3. The van der Waals surface area contributed by atoms with E-state index in [1.54, 1.807) is 30.6 Å². The van der Waals surface area contributed by atoms with Gasteiger partial charge in [-0.25, -0.2) is 0 Å². The molecule has 2 aromatic carbocycles. The van der Waals surface area contributed by atoms with E-state index in [2.05, 4.69) is 26.1 Å². The Balaban J connectivity index is 1.51. The fourth-order valence-corrected chi connectivity index (χ4v) is 4.24. The van der Waals surface area contributed by atoms with Crippen molar-refractivity contribution in [1.29, 1.82) is 0 Å². The van der Waals surface area contributed by atoms with Gasteiger partial charge in [0, 0.05) is 44.4 Å². The minimum atomic E-state index is -1.01. The van der Waals surface area contributed by atoms with Crippen LogP contribution in [0.15, 0.2) is 89.9 Å². The van der Waals surface area contributed by atoms with Crippen molar-refractivity contribution in [2.75, 3.05) is 6.61 Å². The number of nitrogens with zero attached hydrogens (tertiary/aromatic N) is 2. The third-order valence-corrected chi connectivity index (χ3v) is 6.49. The van der Waals surface area contributed by atoms with Crippen LogP contribution in [0.4, 0.5) is 0 Å². The van der Waals surface area contributed by atoms with E-state index in [1.165, 1.54) is 12.3 Å². The summed E-state index contributed by atoms with van der Waals surface area (Å²) in [5.41, 5.74) is 9.13. The number of pyridine rings is 1. The zero-order valence-corrected chi connectivity index (χ0v) is 23.3. The van der Waals surface area contributed by atoms with E-state index in [-0.39, 0.29) is 31.0 Å². The Kier molecular flexibility index (Phi) is 10.8. The molecule has 0 spiro atoms. The van der Waals surface area contributed by atoms with Crippen LogP contribution < -0.4 is 26.4 Å². The normalized spacial score (nSPS) is 12.1. The summed E-state index contributed by atoms with van der Waals surface area (Å²) in [6, 6.07) is 17.9. The van der Waals surface area contributed by atoms with Crippen LogP contribution in [-0.4, -0.2) is 46.6 Å². The number of hydrogen-bond donors (Lipinski definition) is 4. The van der Waals surface area contributed by atoms with E-state index in [1.807, 2.05) is 49.4 Å². The van der Waals surface area contributed by atoms with E-state index in [9.17, 15) is 14.4 Å². The van der Waals surface area contributed by atoms with Gasteiger partial charge in [-0.1, -0.05) is 47.6 Å². The predicted octanol–water partition coefficient (Wildman–Crippen LogP) is 2.31. The molecule has 0 aliphatic carbocycles. The molecule has 0 saturated heterocycles. The Morgan fingerprint density at radius 1 is 0.857 bits per heavy atom. The second-order valence-corrected chi connectivity index (χ2v) is 9.56. The van der Waals surface area contributed by atoms with Crippen molar-refractivity contribution in [3.8, 4) is 5.75 Å². The second kappa shape index (κ2) is 15.1. The highest BCUT2D eigenvalue weighted by Crippen LogP contribution is 2.14. The summed E-state index contributed by atoms with van der Waals surface area (Å²) in [5.74, 6) is -0.793. The molecule has 11 nitrogen and oxygen atoms in total. The molecule has 2 aromatic heterocycles. The molecule has 42 heavy (non-hydrogen) atoms. The zero-order chi connectivity index (χ0) is 29.7. The standard InChI is InChI=1S/C31H34N6O5/c1-2-41-25-11-9-21(10-12-25)16-28(36-30(39)26-13-15-42-37-26)31(40)35-27(17-24-4-3-14-33-19-24)29(38)34-20-23-7-5-22(18-32)6-8-23/h3-15,19,27-28H,2,16-18,20,32H2,1H3,(H,34,38)(H,35,40)(H,36,39)/t27-,28+/m0/s1. The number of aromatic nitrogens is 2. The number of nitrogens with two attached hydrogens (primary N) is 1. The van der Waals surface area contributed by atoms with Crippen molar-refractivity contribution in [3.63, 3.8) is 0 Å². The molecule has 11 heteroatoms. The van der Waals surface area contributed by atoms with Gasteiger partial charge in [0.15, 0.2) is 5.69 Å². The SMILES string of the molecule is CCOc1ccc(C[C@@H](NC(=O)c2ccon2)C(=O)N[C@@H](Cc2cccnc2)C(=O)NCc2ccc(CN)cc2)cc1. The summed E-state index contributed by atoms with van der Waals surface area (Å²) in [6.07, 6.45) is 4.91. The molecule has 2 atom stereocenters. The largest absolute Gasteiger partial charge is 0.494 e. The lowest BCUT2D eigenvalue weighted by molar-refractivity contribution is -0.130. The highest BCUT2D eigenvalue weighted by molar-refractivity contribution is 5.97. The summed E-state index contributed by atoms with van der Waals surface area (Å²) in [7, 11) is 0. The van der Waals surface area contributed by atoms with E-state index in [0.717, 1.165) is 22.3 Å². The van der Waals surface area contributed by atoms with Crippen molar-refractivity contribution in [1.82, 2.24) is 26.1 Å². The number of nitrogens with one attached hydrogen (secondary N) is 3. The second-order valence-electron chi connectivity index (χ2n) is 9.56. The Labute approximate surface area is 243 Å². The van der Waals surface area contributed by atoms with Crippen molar-refractivity contribution in [2.45, 2.75) is 44.9 Å². The van der Waals surface area contributed by atoms with Crippen LogP contribution in [0.2, 0.25) is 0 Å². The van der Waals surface area contributed by atoms with E-state index in [0.29, 0.717) is 18.9 Å². The first-order valence-electron chi connectivity index (χ1n) is 13.6. The van der Waals surface area contributed by atoms with Crippen LogP contribution in [0, 0.1) is 0 Å². The quantitative estimate of drug-likeness (QED) is 0.180. The highest BCUT2D eigenvalue weighted by Gasteiger charge is 2.28. The van der Waals surface area contributed by atoms with Gasteiger partial charge in [-0.05, 0) is 47.4 Å². The molecule has 0 aliphatic heterocycles. The molecule has 0 fully saturated rings. The van der Waals surface area contributed by atoms with Crippen LogP contribution in [-0.2, 0) is 35.5 Å². The van der Waals surface area contributed by atoms with E-state index in [4.69, 9.17) is 15.0 Å². The van der Waals surface area contributed by atoms with Crippen LogP contribution >= 0.6 is 0 Å². The maximum absolute atomic E-state index is 13.7. The average molecular weight is 571 g/mol. The summed E-state index contributed by atoms with van der Waals surface area (Å²) >= 11 is 0. The average Bonchev–Trinajstić information content (AvgIpc) is 3.56. The fourth-order valence-electron chi connectivity index (χ4n) is 4.24. The lowest BCUT2D eigenvalue weighted by atomic mass is 10.0. The van der Waals surface area contributed by atoms with Crippen molar-refractivity contribution in [3.05, 3.63) is 113 Å². The maximum atomic E-state index is 13.7. The van der Waals surface area contributed by atoms with Gasteiger partial charge in [-0.3, -0.25) is 19.4 Å². The number of hydrogen-bond acceptors (Lipinski definition) is 8. The summed E-state index contributed by atoms with van der Waals surface area (Å²) in [6.45, 7) is 3.11. The van der Waals surface area contributed by atoms with Gasteiger partial charge in [0.25, 0.3) is 5.91 Å². The Morgan fingerprint density at radius 2 is 1.55 bits per heavy atom. The molecule has 5 N–H and O–H groups in total. The molecule has 0 bridgehead atoms. The number of benzene rings is 2. The molecular weight excluding hydrogens is 536 g/mol. The number of amides is 3. The van der Waals surface area contributed by atoms with Crippen molar-refractivity contribution < 1.29 is 23.6 Å². The first kappa shape index (κ1) is 29.9. The van der Waals surface area contributed by atoms with Gasteiger partial charge < -0.3 is 30.9 Å². The Morgan fingerprint density at radius 3 is 2.19 bits per heavy atom. The summed E-state index contributed by atoms with van der Waals surface area (Å²) in [4.78, 5) is 44.0. The summed E-state index contributed by atoms with van der Waals surface area (Å²) < 4.78 is 10.3. The van der Waals surface area contributed by atoms with E-state index < -0.39 is 23.9 Å². The molecule has 0 aliphatic rings. The first-order chi connectivity index (χ1) is 20.4. The highest BCUT2D eigenvalue weighted by atomic mass is 16.5. The number of ether oxygens (including phenoxy) is 1. The van der Waals surface area contributed by atoms with Crippen LogP contribution in [0.25, 0.3) is 0 Å². The molecule has 4 rings (SSSR count). The molecule has 0 saturated carbocycles. The van der Waals surface area contributed by atoms with Gasteiger partial charge in [-0.15, -0.1) is 0 Å². The minimum absolute atomic E-state index is 0.0322. The van der Waals surface area contributed by atoms with Gasteiger partial charge in [0.2, 0.25) is 11.8 Å². The zero-order valence-electron chi connectivity index (χ0n) is 23.3. The lowest BCUT2D eigenvalue weighted by Gasteiger charge is -2.23. The Hall–Kier alpha value is -5.03. The van der Waals surface area contributed by atoms with Gasteiger partial charge >= 0.3 is 0 Å². The molecular formula is C31H34N6O5. The molecule has 0 unspecified atom stereocenters. The van der Waals surface area contributed by atoms with Crippen LogP contribution in [0.3, 0.4) is 0 Å². The minimum Gasteiger partial charge on any atom is -0.494 e. The third kappa shape index (κ3) is 8.73. The van der Waals surface area contributed by atoms with Crippen molar-refractivity contribution >= 4 is 17.7 Å². The molecule has 0 radical (unpaired) electrons. The number of carbonyl (C=O) groups is 3. The van der Waals surface area contributed by atoms with Crippen LogP contribution in [0.1, 0.15) is 39.7 Å². The van der Waals surface area contributed by atoms with Gasteiger partial charge in [-0.2, -0.15) is 0 Å². The predicted molar refractivity (Wildman–Crippen MR) is 155 cm³/mol. The molecule has 4 aromatic rings. The molecule has 218 valence electrons. The third-order valence-electron chi connectivity index (χ3n) is 6.49. The van der Waals surface area contributed by atoms with Crippen LogP contribution in [0.5, 0.6) is 5.75 Å². The van der Waals surface area contributed by atoms with Gasteiger partial charge in [0.05, 0.1) is 6.61 Å². The van der Waals surface area contributed by atoms with Gasteiger partial charge in [0.1, 0.15) is 24.1 Å². The number of rotatable bonds is 14. The maximum Gasteiger partial charge on any atom is 0.274 e. The summed E-state index contributed by atoms with van der Waals surface area (Å²) in [5, 5.41) is 12.1. The molecule has 2 heterocycles. The van der Waals surface area contributed by atoms with Crippen molar-refractivity contribution in [2.24, 2.45) is 5.73 Å². The Bertz CT molecular complexity index is 1430. The topological polar surface area (TPSA) is 161 Å². The molecule has 3 amide bonds.